The third-order valence-electron chi connectivity index (χ3n) is 5.06. The normalized spacial score (nSPS) is 16.6. The number of carbonyl (C=O) groups is 3. The van der Waals surface area contributed by atoms with Crippen molar-refractivity contribution >= 4 is 18.0 Å². The fourth-order valence-corrected chi connectivity index (χ4v) is 3.59. The molecule has 0 bridgehead atoms. The van der Waals surface area contributed by atoms with Crippen LogP contribution >= 0.6 is 0 Å². The monoisotopic (exact) mass is 387 g/mol. The number of nitrogens with zero attached hydrogens (tertiary/aromatic N) is 1. The number of terminal acetylenes is 1. The molecule has 0 radical (unpaired) electrons. The average Bonchev–Trinajstić information content (AvgIpc) is 2.75. The second-order valence-electron chi connectivity index (χ2n) is 6.66. The van der Waals surface area contributed by atoms with Gasteiger partial charge >= 0.3 is 18.0 Å². The van der Waals surface area contributed by atoms with E-state index >= 15 is 0 Å². The molecule has 0 aliphatic carbocycles. The first-order valence-corrected chi connectivity index (χ1v) is 9.05. The number of carbonyl (C=O) groups excluding carboxylic acids is 3. The van der Waals surface area contributed by atoms with Crippen molar-refractivity contribution in [2.45, 2.75) is 25.9 Å². The number of benzene rings is 1. The molecule has 0 spiro atoms. The molecule has 1 fully saturated rings. The molecule has 1 aliphatic heterocycles. The summed E-state index contributed by atoms with van der Waals surface area (Å²) in [6, 6.07) is 9.32. The summed E-state index contributed by atoms with van der Waals surface area (Å²) in [5.74, 6) is 0.368. The van der Waals surface area contributed by atoms with Gasteiger partial charge in [0.05, 0.1) is 14.2 Å². The Bertz CT molecular complexity index is 723. The van der Waals surface area contributed by atoms with Crippen LogP contribution in [0, 0.1) is 23.7 Å². The third kappa shape index (κ3) is 4.45. The molecule has 1 amide bonds. The standard InChI is InChI=1S/C21H25NO6/c1-4-12-21(18(23)26-2,19(24)27-3)17-11-8-13-22(14-17)20(25)28-15-16-9-6-5-7-10-16/h1,5-7,9-10,17H,8,11-15H2,2-3H3. The molecule has 1 unspecified atom stereocenters. The van der Waals surface area contributed by atoms with E-state index in [1.54, 1.807) is 0 Å². The van der Waals surface area contributed by atoms with Crippen molar-refractivity contribution in [3.63, 3.8) is 0 Å². The maximum Gasteiger partial charge on any atom is 0.410 e. The minimum Gasteiger partial charge on any atom is -0.468 e. The molecule has 7 heteroatoms. The van der Waals surface area contributed by atoms with E-state index < -0.39 is 29.4 Å². The molecule has 1 aromatic rings. The van der Waals surface area contributed by atoms with Crippen molar-refractivity contribution in [1.82, 2.24) is 4.90 Å². The molecule has 2 rings (SSSR count). The molecular weight excluding hydrogens is 362 g/mol. The van der Waals surface area contributed by atoms with Crippen molar-refractivity contribution in [2.75, 3.05) is 27.3 Å². The Morgan fingerprint density at radius 1 is 1.18 bits per heavy atom. The molecule has 150 valence electrons. The van der Waals surface area contributed by atoms with Crippen LogP contribution in [0.1, 0.15) is 24.8 Å². The maximum atomic E-state index is 12.6. The van der Waals surface area contributed by atoms with Gasteiger partial charge in [-0.3, -0.25) is 9.59 Å². The molecule has 0 N–H and O–H groups in total. The second kappa shape index (κ2) is 9.79. The number of hydrogen-bond acceptors (Lipinski definition) is 6. The number of methoxy groups -OCH3 is 2. The van der Waals surface area contributed by atoms with Gasteiger partial charge in [0.2, 0.25) is 0 Å². The molecular formula is C21H25NO6. The zero-order valence-electron chi connectivity index (χ0n) is 16.2. The molecule has 1 saturated heterocycles. The Kier molecular flexibility index (Phi) is 7.44. The highest BCUT2D eigenvalue weighted by atomic mass is 16.6. The fourth-order valence-electron chi connectivity index (χ4n) is 3.59. The van der Waals surface area contributed by atoms with Crippen LogP contribution in [0.25, 0.3) is 0 Å². The van der Waals surface area contributed by atoms with Gasteiger partial charge in [-0.2, -0.15) is 0 Å². The van der Waals surface area contributed by atoms with Gasteiger partial charge in [0.25, 0.3) is 0 Å². The molecule has 1 aromatic carbocycles. The Labute approximate surface area is 164 Å². The van der Waals surface area contributed by atoms with E-state index in [1.807, 2.05) is 30.3 Å². The van der Waals surface area contributed by atoms with Gasteiger partial charge in [-0.05, 0) is 18.4 Å². The highest BCUT2D eigenvalue weighted by Gasteiger charge is 2.55. The first-order chi connectivity index (χ1) is 13.5. The predicted molar refractivity (Wildman–Crippen MR) is 101 cm³/mol. The zero-order valence-corrected chi connectivity index (χ0v) is 16.2. The number of piperidine rings is 1. The summed E-state index contributed by atoms with van der Waals surface area (Å²) < 4.78 is 15.1. The lowest BCUT2D eigenvalue weighted by Crippen LogP contribution is -2.53. The first-order valence-electron chi connectivity index (χ1n) is 9.05. The number of likely N-dealkylation sites (tertiary alicyclic amines) is 1. The topological polar surface area (TPSA) is 82.1 Å². The summed E-state index contributed by atoms with van der Waals surface area (Å²) in [4.78, 5) is 39.1. The highest BCUT2D eigenvalue weighted by molar-refractivity contribution is 6.00. The van der Waals surface area contributed by atoms with Gasteiger partial charge in [-0.15, -0.1) is 12.3 Å². The molecule has 1 heterocycles. The number of amides is 1. The van der Waals surface area contributed by atoms with Gasteiger partial charge < -0.3 is 19.1 Å². The number of esters is 2. The maximum absolute atomic E-state index is 12.6. The smallest absolute Gasteiger partial charge is 0.410 e. The van der Waals surface area contributed by atoms with Crippen LogP contribution in [0.15, 0.2) is 30.3 Å². The van der Waals surface area contributed by atoms with Gasteiger partial charge in [0.15, 0.2) is 5.41 Å². The molecule has 7 nitrogen and oxygen atoms in total. The largest absolute Gasteiger partial charge is 0.468 e. The van der Waals surface area contributed by atoms with Gasteiger partial charge in [0.1, 0.15) is 6.61 Å². The lowest BCUT2D eigenvalue weighted by Gasteiger charge is -2.40. The van der Waals surface area contributed by atoms with Crippen molar-refractivity contribution in [3.05, 3.63) is 35.9 Å². The van der Waals surface area contributed by atoms with Crippen LogP contribution in [0.3, 0.4) is 0 Å². The Morgan fingerprint density at radius 2 is 1.82 bits per heavy atom. The van der Waals surface area contributed by atoms with Crippen molar-refractivity contribution in [2.24, 2.45) is 11.3 Å². The summed E-state index contributed by atoms with van der Waals surface area (Å²) in [6.07, 6.45) is 5.92. The minimum atomic E-state index is -1.64. The van der Waals surface area contributed by atoms with Crippen molar-refractivity contribution in [1.29, 1.82) is 0 Å². The Morgan fingerprint density at radius 3 is 2.39 bits per heavy atom. The predicted octanol–water partition coefficient (Wildman–Crippen LogP) is 2.39. The number of rotatable bonds is 6. The van der Waals surface area contributed by atoms with E-state index in [0.29, 0.717) is 19.4 Å². The van der Waals surface area contributed by atoms with Gasteiger partial charge in [-0.25, -0.2) is 4.79 Å². The summed E-state index contributed by atoms with van der Waals surface area (Å²) in [7, 11) is 2.40. The quantitative estimate of drug-likeness (QED) is 0.323. The van der Waals surface area contributed by atoms with Crippen LogP contribution in [-0.4, -0.2) is 50.2 Å². The van der Waals surface area contributed by atoms with E-state index in [4.69, 9.17) is 20.6 Å². The van der Waals surface area contributed by atoms with Crippen LogP contribution in [0.4, 0.5) is 4.79 Å². The van der Waals surface area contributed by atoms with E-state index in [0.717, 1.165) is 5.56 Å². The van der Waals surface area contributed by atoms with Crippen molar-refractivity contribution in [3.8, 4) is 12.3 Å². The molecule has 0 aromatic heterocycles. The van der Waals surface area contributed by atoms with Crippen LogP contribution < -0.4 is 0 Å². The lowest BCUT2D eigenvalue weighted by atomic mass is 9.69. The SMILES string of the molecule is C#CCC(C(=O)OC)(C(=O)OC)C1CCCN(C(=O)OCc2ccccc2)C1. The zero-order chi connectivity index (χ0) is 20.6. The fraction of sp³-hybridized carbons (Fsp3) is 0.476. The first kappa shape index (κ1) is 21.3. The summed E-state index contributed by atoms with van der Waals surface area (Å²) >= 11 is 0. The number of hydrogen-bond donors (Lipinski definition) is 0. The average molecular weight is 387 g/mol. The number of ether oxygens (including phenoxy) is 3. The molecule has 1 atom stereocenters. The Balaban J connectivity index is 2.16. The van der Waals surface area contributed by atoms with Gasteiger partial charge in [0, 0.05) is 25.4 Å². The summed E-state index contributed by atoms with van der Waals surface area (Å²) in [5.41, 5.74) is -0.772. The summed E-state index contributed by atoms with van der Waals surface area (Å²) in [6.45, 7) is 0.766. The van der Waals surface area contributed by atoms with E-state index in [1.165, 1.54) is 19.1 Å². The minimum absolute atomic E-state index is 0.143. The Hall–Kier alpha value is -3.01. The molecule has 0 saturated carbocycles. The lowest BCUT2D eigenvalue weighted by molar-refractivity contribution is -0.175. The second-order valence-corrected chi connectivity index (χ2v) is 6.66. The summed E-state index contributed by atoms with van der Waals surface area (Å²) in [5, 5.41) is 0. The van der Waals surface area contributed by atoms with Crippen LogP contribution in [0.5, 0.6) is 0 Å². The van der Waals surface area contributed by atoms with Crippen molar-refractivity contribution < 1.29 is 28.6 Å². The molecule has 28 heavy (non-hydrogen) atoms. The van der Waals surface area contributed by atoms with Crippen LogP contribution in [-0.2, 0) is 30.4 Å². The van der Waals surface area contributed by atoms with Gasteiger partial charge in [-0.1, -0.05) is 30.3 Å². The highest BCUT2D eigenvalue weighted by Crippen LogP contribution is 2.40. The van der Waals surface area contributed by atoms with E-state index in [2.05, 4.69) is 5.92 Å². The van der Waals surface area contributed by atoms with E-state index in [9.17, 15) is 14.4 Å². The van der Waals surface area contributed by atoms with E-state index in [-0.39, 0.29) is 19.6 Å². The third-order valence-corrected chi connectivity index (χ3v) is 5.06. The molecule has 1 aliphatic rings. The van der Waals surface area contributed by atoms with Crippen LogP contribution in [0.2, 0.25) is 0 Å².